The van der Waals surface area contributed by atoms with Gasteiger partial charge in [-0.25, -0.2) is 0 Å². The van der Waals surface area contributed by atoms with Gasteiger partial charge in [0.1, 0.15) is 0 Å². The van der Waals surface area contributed by atoms with E-state index in [-0.39, 0.29) is 5.78 Å². The van der Waals surface area contributed by atoms with Gasteiger partial charge >= 0.3 is 0 Å². The summed E-state index contributed by atoms with van der Waals surface area (Å²) in [6, 6.07) is 0. The first-order valence-electron chi connectivity index (χ1n) is 4.15. The first-order valence-corrected chi connectivity index (χ1v) is 4.15. The van der Waals surface area contributed by atoms with Crippen LogP contribution in [0.5, 0.6) is 0 Å². The topological polar surface area (TPSA) is 17.1 Å². The highest BCUT2D eigenvalue weighted by Crippen LogP contribution is 2.28. The molecule has 0 bridgehead atoms. The van der Waals surface area contributed by atoms with Crippen LogP contribution in [0.4, 0.5) is 0 Å². The molecule has 1 rings (SSSR count). The predicted octanol–water partition coefficient (Wildman–Crippen LogP) is 2.80. The van der Waals surface area contributed by atoms with Crippen molar-refractivity contribution in [3.8, 4) is 0 Å². The van der Waals surface area contributed by atoms with Crippen LogP contribution in [-0.4, -0.2) is 5.78 Å². The molecule has 1 aliphatic rings. The van der Waals surface area contributed by atoms with Crippen LogP contribution >= 0.6 is 0 Å². The molecule has 0 fully saturated rings. The zero-order valence-electron chi connectivity index (χ0n) is 8.06. The van der Waals surface area contributed by atoms with Gasteiger partial charge in [0.2, 0.25) is 0 Å². The zero-order chi connectivity index (χ0) is 9.30. The largest absolute Gasteiger partial charge is 0.289 e. The van der Waals surface area contributed by atoms with Gasteiger partial charge in [-0.3, -0.25) is 4.79 Å². The standard InChI is InChI=1S/C11H14O/c1-5-6-10-8(3)7(2)9(4)11(10)12/h5-6H,1-4H3/b6-5-. The molecule has 0 unspecified atom stereocenters. The fraction of sp³-hybridized carbons (Fsp3) is 0.364. The van der Waals surface area contributed by atoms with Crippen LogP contribution in [-0.2, 0) is 4.79 Å². The molecule has 0 aromatic carbocycles. The molecule has 0 aromatic heterocycles. The summed E-state index contributed by atoms with van der Waals surface area (Å²) in [5.74, 6) is 0.183. The molecule has 0 N–H and O–H groups in total. The number of hydrogen-bond donors (Lipinski definition) is 0. The average molecular weight is 162 g/mol. The molecule has 1 heteroatoms. The van der Waals surface area contributed by atoms with E-state index in [0.717, 1.165) is 22.3 Å². The number of ketones is 1. The highest BCUT2D eigenvalue weighted by molar-refractivity contribution is 6.14. The monoisotopic (exact) mass is 162 g/mol. The minimum atomic E-state index is 0.183. The van der Waals surface area contributed by atoms with E-state index in [2.05, 4.69) is 0 Å². The van der Waals surface area contributed by atoms with E-state index in [1.807, 2.05) is 39.8 Å². The van der Waals surface area contributed by atoms with Gasteiger partial charge in [0, 0.05) is 11.1 Å². The van der Waals surface area contributed by atoms with Crippen molar-refractivity contribution in [2.45, 2.75) is 27.7 Å². The second-order valence-electron chi connectivity index (χ2n) is 3.12. The molecule has 1 nitrogen and oxygen atoms in total. The first kappa shape index (κ1) is 8.98. The SMILES string of the molecule is C/C=C\C1=C(C)C(C)=C(C)C1=O. The molecule has 64 valence electrons. The lowest BCUT2D eigenvalue weighted by atomic mass is 10.1. The van der Waals surface area contributed by atoms with Gasteiger partial charge in [0.25, 0.3) is 0 Å². The molecule has 0 aromatic rings. The van der Waals surface area contributed by atoms with Crippen molar-refractivity contribution in [2.24, 2.45) is 0 Å². The van der Waals surface area contributed by atoms with Crippen molar-refractivity contribution in [3.05, 3.63) is 34.4 Å². The van der Waals surface area contributed by atoms with E-state index in [1.54, 1.807) is 0 Å². The Morgan fingerprint density at radius 2 is 1.58 bits per heavy atom. The number of hydrogen-bond acceptors (Lipinski definition) is 1. The Morgan fingerprint density at radius 3 is 1.92 bits per heavy atom. The smallest absolute Gasteiger partial charge is 0.189 e. The molecular weight excluding hydrogens is 148 g/mol. The molecule has 0 amide bonds. The molecule has 1 aliphatic carbocycles. The lowest BCUT2D eigenvalue weighted by molar-refractivity contribution is -0.111. The highest BCUT2D eigenvalue weighted by atomic mass is 16.1. The lowest BCUT2D eigenvalue weighted by Crippen LogP contribution is -1.96. The summed E-state index contributed by atoms with van der Waals surface area (Å²) in [6.45, 7) is 7.81. The molecule has 0 spiro atoms. The highest BCUT2D eigenvalue weighted by Gasteiger charge is 2.21. The van der Waals surface area contributed by atoms with Crippen LogP contribution in [0.15, 0.2) is 34.4 Å². The minimum absolute atomic E-state index is 0.183. The Morgan fingerprint density at radius 1 is 1.00 bits per heavy atom. The quantitative estimate of drug-likeness (QED) is 0.579. The van der Waals surface area contributed by atoms with E-state index in [4.69, 9.17) is 0 Å². The second kappa shape index (κ2) is 3.10. The number of carbonyl (C=O) groups is 1. The van der Waals surface area contributed by atoms with Crippen LogP contribution in [0.3, 0.4) is 0 Å². The van der Waals surface area contributed by atoms with E-state index in [0.29, 0.717) is 0 Å². The Hall–Kier alpha value is -1.11. The van der Waals surface area contributed by atoms with Crippen molar-refractivity contribution in [1.82, 2.24) is 0 Å². The van der Waals surface area contributed by atoms with E-state index >= 15 is 0 Å². The fourth-order valence-electron chi connectivity index (χ4n) is 1.39. The summed E-state index contributed by atoms with van der Waals surface area (Å²) in [7, 11) is 0. The van der Waals surface area contributed by atoms with Gasteiger partial charge < -0.3 is 0 Å². The summed E-state index contributed by atoms with van der Waals surface area (Å²) in [5, 5.41) is 0. The van der Waals surface area contributed by atoms with Crippen molar-refractivity contribution in [2.75, 3.05) is 0 Å². The molecule has 0 radical (unpaired) electrons. The van der Waals surface area contributed by atoms with E-state index < -0.39 is 0 Å². The van der Waals surface area contributed by atoms with Crippen molar-refractivity contribution in [1.29, 1.82) is 0 Å². The van der Waals surface area contributed by atoms with Gasteiger partial charge in [0.15, 0.2) is 5.78 Å². The van der Waals surface area contributed by atoms with Gasteiger partial charge in [0.05, 0.1) is 0 Å². The van der Waals surface area contributed by atoms with Crippen LogP contribution in [0.25, 0.3) is 0 Å². The summed E-state index contributed by atoms with van der Waals surface area (Å²) in [4.78, 5) is 11.5. The zero-order valence-corrected chi connectivity index (χ0v) is 8.06. The number of allylic oxidation sites excluding steroid dienone is 6. The molecule has 0 saturated heterocycles. The third kappa shape index (κ3) is 1.15. The Balaban J connectivity index is 3.17. The van der Waals surface area contributed by atoms with Crippen LogP contribution < -0.4 is 0 Å². The molecule has 0 aliphatic heterocycles. The van der Waals surface area contributed by atoms with Gasteiger partial charge in [-0.2, -0.15) is 0 Å². The minimum Gasteiger partial charge on any atom is -0.289 e. The first-order chi connectivity index (χ1) is 5.59. The lowest BCUT2D eigenvalue weighted by Gasteiger charge is -1.94. The van der Waals surface area contributed by atoms with Crippen molar-refractivity contribution < 1.29 is 4.79 Å². The Bertz CT molecular complexity index is 314. The molecule has 0 atom stereocenters. The molecule has 0 heterocycles. The average Bonchev–Trinajstić information content (AvgIpc) is 2.23. The summed E-state index contributed by atoms with van der Waals surface area (Å²) in [6.07, 6.45) is 3.79. The maximum atomic E-state index is 11.5. The van der Waals surface area contributed by atoms with Crippen molar-refractivity contribution >= 4 is 5.78 Å². The van der Waals surface area contributed by atoms with Crippen LogP contribution in [0, 0.1) is 0 Å². The Kier molecular flexibility index (Phi) is 2.32. The maximum absolute atomic E-state index is 11.5. The normalized spacial score (nSPS) is 18.8. The third-order valence-corrected chi connectivity index (χ3v) is 2.45. The Labute approximate surface area is 73.5 Å². The molecular formula is C11H14O. The molecule has 0 saturated carbocycles. The predicted molar refractivity (Wildman–Crippen MR) is 50.9 cm³/mol. The number of rotatable bonds is 1. The number of carbonyl (C=O) groups excluding carboxylic acids is 1. The van der Waals surface area contributed by atoms with E-state index in [1.165, 1.54) is 0 Å². The maximum Gasteiger partial charge on any atom is 0.189 e. The van der Waals surface area contributed by atoms with Gasteiger partial charge in [-0.05, 0) is 38.8 Å². The van der Waals surface area contributed by atoms with Crippen molar-refractivity contribution in [3.63, 3.8) is 0 Å². The van der Waals surface area contributed by atoms with Gasteiger partial charge in [-0.1, -0.05) is 12.2 Å². The number of Topliss-reactive ketones (excluding diaryl/α,β-unsaturated/α-hetero) is 1. The van der Waals surface area contributed by atoms with Crippen LogP contribution in [0.2, 0.25) is 0 Å². The van der Waals surface area contributed by atoms with E-state index in [9.17, 15) is 4.79 Å². The van der Waals surface area contributed by atoms with Gasteiger partial charge in [-0.15, -0.1) is 0 Å². The summed E-state index contributed by atoms with van der Waals surface area (Å²) >= 11 is 0. The van der Waals surface area contributed by atoms with Crippen LogP contribution in [0.1, 0.15) is 27.7 Å². The fourth-order valence-corrected chi connectivity index (χ4v) is 1.39. The molecule has 12 heavy (non-hydrogen) atoms. The summed E-state index contributed by atoms with van der Waals surface area (Å²) < 4.78 is 0. The third-order valence-electron chi connectivity index (χ3n) is 2.45. The summed E-state index contributed by atoms with van der Waals surface area (Å²) in [5.41, 5.74) is 4.00. The second-order valence-corrected chi connectivity index (χ2v) is 3.12.